The fraction of sp³-hybridized carbons (Fsp3) is 0.500. The summed E-state index contributed by atoms with van der Waals surface area (Å²) in [5, 5.41) is 8.38. The first kappa shape index (κ1) is 14.8. The van der Waals surface area contributed by atoms with Gasteiger partial charge in [0, 0.05) is 13.1 Å². The van der Waals surface area contributed by atoms with E-state index in [1.165, 1.54) is 11.3 Å². The van der Waals surface area contributed by atoms with Gasteiger partial charge in [0.15, 0.2) is 0 Å². The number of hydrogen-bond donors (Lipinski definition) is 2. The molecule has 4 nitrogen and oxygen atoms in total. The van der Waals surface area contributed by atoms with Crippen molar-refractivity contribution in [2.45, 2.75) is 25.9 Å². The summed E-state index contributed by atoms with van der Waals surface area (Å²) in [6.07, 6.45) is -4.14. The maximum Gasteiger partial charge on any atom is 0.390 e. The van der Waals surface area contributed by atoms with Gasteiger partial charge in [-0.05, 0) is 17.9 Å². The first-order chi connectivity index (χ1) is 9.49. The van der Waals surface area contributed by atoms with Crippen molar-refractivity contribution in [2.24, 2.45) is 0 Å². The Labute approximate surface area is 118 Å². The SMILES string of the molecule is CCCNc1nc(NCCC(F)(F)F)c2ccsc2n1. The van der Waals surface area contributed by atoms with E-state index in [4.69, 9.17) is 0 Å². The van der Waals surface area contributed by atoms with Gasteiger partial charge < -0.3 is 10.6 Å². The van der Waals surface area contributed by atoms with E-state index >= 15 is 0 Å². The van der Waals surface area contributed by atoms with Crippen molar-refractivity contribution in [1.29, 1.82) is 0 Å². The third kappa shape index (κ3) is 3.96. The Balaban J connectivity index is 2.15. The van der Waals surface area contributed by atoms with E-state index in [1.807, 2.05) is 12.3 Å². The Morgan fingerprint density at radius 2 is 2.00 bits per heavy atom. The smallest absolute Gasteiger partial charge is 0.369 e. The zero-order valence-electron chi connectivity index (χ0n) is 10.9. The van der Waals surface area contributed by atoms with Gasteiger partial charge in [0.05, 0.1) is 11.8 Å². The number of nitrogens with zero attached hydrogens (tertiary/aromatic N) is 2. The van der Waals surface area contributed by atoms with Crippen LogP contribution in [0.2, 0.25) is 0 Å². The maximum atomic E-state index is 12.2. The van der Waals surface area contributed by atoms with Crippen molar-refractivity contribution in [2.75, 3.05) is 23.7 Å². The molecule has 0 aromatic carbocycles. The van der Waals surface area contributed by atoms with Crippen LogP contribution in [0.5, 0.6) is 0 Å². The minimum Gasteiger partial charge on any atom is -0.369 e. The molecule has 0 saturated heterocycles. The van der Waals surface area contributed by atoms with Crippen molar-refractivity contribution in [3.63, 3.8) is 0 Å². The Kier molecular flexibility index (Phi) is 4.64. The molecule has 2 aromatic rings. The Bertz CT molecular complexity index is 567. The lowest BCUT2D eigenvalue weighted by Crippen LogP contribution is -2.15. The molecule has 0 amide bonds. The first-order valence-corrected chi connectivity index (χ1v) is 7.17. The van der Waals surface area contributed by atoms with E-state index in [0.717, 1.165) is 23.2 Å². The molecule has 20 heavy (non-hydrogen) atoms. The van der Waals surface area contributed by atoms with Crippen LogP contribution in [0.1, 0.15) is 19.8 Å². The summed E-state index contributed by atoms with van der Waals surface area (Å²) in [6.45, 7) is 2.54. The molecule has 110 valence electrons. The van der Waals surface area contributed by atoms with Gasteiger partial charge in [0.2, 0.25) is 5.95 Å². The molecular weight excluding hydrogens is 289 g/mol. The molecule has 0 unspecified atom stereocenters. The fourth-order valence-electron chi connectivity index (χ4n) is 1.63. The van der Waals surface area contributed by atoms with E-state index in [2.05, 4.69) is 20.6 Å². The van der Waals surface area contributed by atoms with Gasteiger partial charge in [-0.25, -0.2) is 4.98 Å². The van der Waals surface area contributed by atoms with Crippen molar-refractivity contribution in [1.82, 2.24) is 9.97 Å². The maximum absolute atomic E-state index is 12.2. The molecular formula is C12H15F3N4S. The molecule has 2 aromatic heterocycles. The van der Waals surface area contributed by atoms with Gasteiger partial charge in [0.25, 0.3) is 0 Å². The molecule has 0 saturated carbocycles. The minimum atomic E-state index is -4.17. The van der Waals surface area contributed by atoms with Gasteiger partial charge in [-0.15, -0.1) is 11.3 Å². The number of aromatic nitrogens is 2. The molecule has 2 N–H and O–H groups in total. The Hall–Kier alpha value is -1.57. The lowest BCUT2D eigenvalue weighted by atomic mass is 10.3. The van der Waals surface area contributed by atoms with Crippen LogP contribution in [0.3, 0.4) is 0 Å². The molecule has 2 heterocycles. The quantitative estimate of drug-likeness (QED) is 0.850. The summed E-state index contributed by atoms with van der Waals surface area (Å²) < 4.78 is 36.5. The number of anilines is 2. The van der Waals surface area contributed by atoms with Crippen molar-refractivity contribution in [3.8, 4) is 0 Å². The topological polar surface area (TPSA) is 49.8 Å². The highest BCUT2D eigenvalue weighted by molar-refractivity contribution is 7.16. The van der Waals surface area contributed by atoms with Crippen molar-refractivity contribution < 1.29 is 13.2 Å². The first-order valence-electron chi connectivity index (χ1n) is 6.29. The van der Waals surface area contributed by atoms with Crippen LogP contribution in [-0.4, -0.2) is 29.2 Å². The molecule has 8 heteroatoms. The van der Waals surface area contributed by atoms with Crippen LogP contribution in [0.4, 0.5) is 24.9 Å². The molecule has 0 atom stereocenters. The van der Waals surface area contributed by atoms with E-state index in [0.29, 0.717) is 11.8 Å². The third-order valence-corrected chi connectivity index (χ3v) is 3.37. The van der Waals surface area contributed by atoms with Gasteiger partial charge in [-0.1, -0.05) is 6.92 Å². The number of fused-ring (bicyclic) bond motifs is 1. The van der Waals surface area contributed by atoms with Crippen LogP contribution in [-0.2, 0) is 0 Å². The lowest BCUT2D eigenvalue weighted by Gasteiger charge is -2.11. The largest absolute Gasteiger partial charge is 0.390 e. The summed E-state index contributed by atoms with van der Waals surface area (Å²) >= 11 is 1.43. The summed E-state index contributed by atoms with van der Waals surface area (Å²) in [7, 11) is 0. The number of halogens is 3. The second kappa shape index (κ2) is 6.25. The predicted molar refractivity (Wildman–Crippen MR) is 75.4 cm³/mol. The summed E-state index contributed by atoms with van der Waals surface area (Å²) in [4.78, 5) is 9.32. The highest BCUT2D eigenvalue weighted by Crippen LogP contribution is 2.27. The van der Waals surface area contributed by atoms with E-state index in [1.54, 1.807) is 6.07 Å². The summed E-state index contributed by atoms with van der Waals surface area (Å²) in [5.41, 5.74) is 0. The number of alkyl halides is 3. The predicted octanol–water partition coefficient (Wildman–Crippen LogP) is 3.88. The third-order valence-electron chi connectivity index (χ3n) is 2.56. The van der Waals surface area contributed by atoms with E-state index in [9.17, 15) is 13.2 Å². The average Bonchev–Trinajstić information content (AvgIpc) is 2.83. The highest BCUT2D eigenvalue weighted by Gasteiger charge is 2.26. The van der Waals surface area contributed by atoms with Crippen molar-refractivity contribution in [3.05, 3.63) is 11.4 Å². The van der Waals surface area contributed by atoms with Crippen LogP contribution in [0, 0.1) is 0 Å². The van der Waals surface area contributed by atoms with Crippen LogP contribution in [0.15, 0.2) is 11.4 Å². The van der Waals surface area contributed by atoms with Gasteiger partial charge >= 0.3 is 6.18 Å². The number of nitrogens with one attached hydrogen (secondary N) is 2. The summed E-state index contributed by atoms with van der Waals surface area (Å²) in [6, 6.07) is 1.81. The second-order valence-corrected chi connectivity index (χ2v) is 5.15. The van der Waals surface area contributed by atoms with Crippen LogP contribution < -0.4 is 10.6 Å². The highest BCUT2D eigenvalue weighted by atomic mass is 32.1. The minimum absolute atomic E-state index is 0.196. The standard InChI is InChI=1S/C12H15F3N4S/c1-2-5-17-11-18-9(16-6-4-12(13,14)15)8-3-7-20-10(8)19-11/h3,7H,2,4-6H2,1H3,(H2,16,17,18,19). The molecule has 0 fully saturated rings. The molecule has 2 rings (SSSR count). The monoisotopic (exact) mass is 304 g/mol. The van der Waals surface area contributed by atoms with Crippen LogP contribution >= 0.6 is 11.3 Å². The Morgan fingerprint density at radius 3 is 2.70 bits per heavy atom. The summed E-state index contributed by atoms with van der Waals surface area (Å²) in [5.74, 6) is 0.885. The van der Waals surface area contributed by atoms with Crippen LogP contribution in [0.25, 0.3) is 10.2 Å². The number of hydrogen-bond acceptors (Lipinski definition) is 5. The molecule has 0 radical (unpaired) electrons. The van der Waals surface area contributed by atoms with Gasteiger partial charge in [-0.3, -0.25) is 0 Å². The van der Waals surface area contributed by atoms with Gasteiger partial charge in [-0.2, -0.15) is 18.2 Å². The number of thiophene rings is 1. The molecule has 0 spiro atoms. The average molecular weight is 304 g/mol. The fourth-order valence-corrected chi connectivity index (χ4v) is 2.39. The lowest BCUT2D eigenvalue weighted by molar-refractivity contribution is -0.131. The zero-order valence-corrected chi connectivity index (χ0v) is 11.7. The second-order valence-electron chi connectivity index (χ2n) is 4.25. The molecule has 0 aliphatic heterocycles. The normalized spacial score (nSPS) is 11.8. The molecule has 0 aliphatic rings. The van der Waals surface area contributed by atoms with E-state index in [-0.39, 0.29) is 6.54 Å². The zero-order chi connectivity index (χ0) is 14.6. The molecule has 0 bridgehead atoms. The Morgan fingerprint density at radius 1 is 1.20 bits per heavy atom. The number of rotatable bonds is 6. The van der Waals surface area contributed by atoms with Gasteiger partial charge in [0.1, 0.15) is 10.6 Å². The van der Waals surface area contributed by atoms with E-state index < -0.39 is 12.6 Å². The molecule has 0 aliphatic carbocycles. The van der Waals surface area contributed by atoms with Crippen molar-refractivity contribution >= 4 is 33.3 Å².